The van der Waals surface area contributed by atoms with Crippen molar-refractivity contribution in [3.8, 4) is 11.8 Å². The molecule has 0 bridgehead atoms. The fourth-order valence-electron chi connectivity index (χ4n) is 2.68. The van der Waals surface area contributed by atoms with Gasteiger partial charge in [0.15, 0.2) is 0 Å². The minimum atomic E-state index is -0.0322. The Balaban J connectivity index is 2.13. The predicted octanol–water partition coefficient (Wildman–Crippen LogP) is 2.79. The number of nitrogens with one attached hydrogen (secondary N) is 1. The summed E-state index contributed by atoms with van der Waals surface area (Å²) in [5.41, 5.74) is 2.46. The lowest BCUT2D eigenvalue weighted by atomic mass is 9.95. The molecule has 2 N–H and O–H groups in total. The van der Waals surface area contributed by atoms with Gasteiger partial charge in [-0.05, 0) is 37.5 Å². The molecule has 0 spiro atoms. The summed E-state index contributed by atoms with van der Waals surface area (Å²) in [6.07, 6.45) is 6.24. The number of hydrogen-bond donors (Lipinski definition) is 2. The molecule has 0 atom stereocenters. The molecule has 3 heteroatoms. The highest BCUT2D eigenvalue weighted by Crippen LogP contribution is 2.18. The molecule has 0 radical (unpaired) electrons. The Bertz CT molecular complexity index is 548. The predicted molar refractivity (Wildman–Crippen MR) is 84.1 cm³/mol. The summed E-state index contributed by atoms with van der Waals surface area (Å²) in [6, 6.07) is 6.01. The van der Waals surface area contributed by atoms with E-state index < -0.39 is 0 Å². The minimum absolute atomic E-state index is 0.0322. The molecule has 1 saturated carbocycles. The van der Waals surface area contributed by atoms with Gasteiger partial charge in [-0.2, -0.15) is 0 Å². The Labute approximate surface area is 126 Å². The molecule has 112 valence electrons. The first-order chi connectivity index (χ1) is 10.2. The van der Waals surface area contributed by atoms with Crippen LogP contribution in [-0.4, -0.2) is 23.7 Å². The quantitative estimate of drug-likeness (QED) is 0.839. The molecule has 2 rings (SSSR count). The van der Waals surface area contributed by atoms with Gasteiger partial charge in [-0.1, -0.05) is 37.2 Å². The third-order valence-electron chi connectivity index (χ3n) is 3.82. The second-order valence-corrected chi connectivity index (χ2v) is 5.63. The highest BCUT2D eigenvalue weighted by Gasteiger charge is 2.18. The van der Waals surface area contributed by atoms with E-state index in [1.54, 1.807) is 0 Å². The van der Waals surface area contributed by atoms with E-state index in [4.69, 9.17) is 5.11 Å². The van der Waals surface area contributed by atoms with Crippen molar-refractivity contribution in [2.45, 2.75) is 51.5 Å². The maximum absolute atomic E-state index is 12.4. The summed E-state index contributed by atoms with van der Waals surface area (Å²) in [4.78, 5) is 12.4. The van der Waals surface area contributed by atoms with Crippen LogP contribution < -0.4 is 5.32 Å². The minimum Gasteiger partial charge on any atom is -0.395 e. The van der Waals surface area contributed by atoms with Gasteiger partial charge >= 0.3 is 0 Å². The van der Waals surface area contributed by atoms with Crippen molar-refractivity contribution in [2.75, 3.05) is 6.61 Å². The van der Waals surface area contributed by atoms with Gasteiger partial charge in [-0.25, -0.2) is 0 Å². The van der Waals surface area contributed by atoms with Crippen LogP contribution in [0.3, 0.4) is 0 Å². The Morgan fingerprint density at radius 1 is 1.33 bits per heavy atom. The molecule has 1 aliphatic carbocycles. The number of amides is 1. The van der Waals surface area contributed by atoms with Crippen molar-refractivity contribution in [3.63, 3.8) is 0 Å². The van der Waals surface area contributed by atoms with E-state index in [-0.39, 0.29) is 12.5 Å². The van der Waals surface area contributed by atoms with E-state index in [0.29, 0.717) is 18.0 Å². The van der Waals surface area contributed by atoms with Crippen LogP contribution in [0.4, 0.5) is 0 Å². The van der Waals surface area contributed by atoms with Crippen molar-refractivity contribution < 1.29 is 9.90 Å². The fraction of sp³-hybridized carbons (Fsp3) is 0.500. The van der Waals surface area contributed by atoms with Gasteiger partial charge in [0.25, 0.3) is 5.91 Å². The third-order valence-corrected chi connectivity index (χ3v) is 3.82. The first-order valence-corrected chi connectivity index (χ1v) is 7.72. The van der Waals surface area contributed by atoms with Crippen molar-refractivity contribution in [2.24, 2.45) is 0 Å². The van der Waals surface area contributed by atoms with Gasteiger partial charge < -0.3 is 10.4 Å². The molecule has 0 unspecified atom stereocenters. The summed E-state index contributed by atoms with van der Waals surface area (Å²) in [7, 11) is 0. The van der Waals surface area contributed by atoms with Crippen molar-refractivity contribution in [1.82, 2.24) is 5.32 Å². The molecule has 21 heavy (non-hydrogen) atoms. The lowest BCUT2D eigenvalue weighted by Crippen LogP contribution is -2.36. The second kappa shape index (κ2) is 7.85. The number of carbonyl (C=O) groups excluding carboxylic acids is 1. The number of benzene rings is 1. The van der Waals surface area contributed by atoms with E-state index in [0.717, 1.165) is 24.0 Å². The maximum Gasteiger partial charge on any atom is 0.252 e. The van der Waals surface area contributed by atoms with Crippen molar-refractivity contribution >= 4 is 5.91 Å². The van der Waals surface area contributed by atoms with Crippen LogP contribution in [-0.2, 0) is 0 Å². The summed E-state index contributed by atoms with van der Waals surface area (Å²) in [5.74, 6) is 5.87. The Morgan fingerprint density at radius 2 is 2.10 bits per heavy atom. The topological polar surface area (TPSA) is 49.3 Å². The van der Waals surface area contributed by atoms with E-state index in [2.05, 4.69) is 17.2 Å². The molecule has 1 aromatic rings. The number of aliphatic hydroxyl groups is 1. The van der Waals surface area contributed by atoms with Gasteiger partial charge in [0.1, 0.15) is 0 Å². The largest absolute Gasteiger partial charge is 0.395 e. The Kier molecular flexibility index (Phi) is 5.83. The molecule has 0 heterocycles. The van der Waals surface area contributed by atoms with Crippen LogP contribution in [0.1, 0.15) is 60.0 Å². The molecular formula is C18H23NO2. The number of aliphatic hydroxyl groups excluding tert-OH is 1. The van der Waals surface area contributed by atoms with Gasteiger partial charge in [-0.15, -0.1) is 0 Å². The average Bonchev–Trinajstić information content (AvgIpc) is 2.48. The van der Waals surface area contributed by atoms with Crippen molar-refractivity contribution in [1.29, 1.82) is 0 Å². The lowest BCUT2D eigenvalue weighted by molar-refractivity contribution is 0.0927. The number of carbonyl (C=O) groups is 1. The summed E-state index contributed by atoms with van der Waals surface area (Å²) >= 11 is 0. The Morgan fingerprint density at radius 3 is 2.81 bits per heavy atom. The van der Waals surface area contributed by atoms with E-state index in [9.17, 15) is 4.79 Å². The first kappa shape index (κ1) is 15.6. The van der Waals surface area contributed by atoms with Crippen LogP contribution in [0.15, 0.2) is 18.2 Å². The van der Waals surface area contributed by atoms with E-state index in [1.807, 2.05) is 25.1 Å². The zero-order chi connectivity index (χ0) is 15.1. The second-order valence-electron chi connectivity index (χ2n) is 5.63. The fourth-order valence-corrected chi connectivity index (χ4v) is 2.68. The van der Waals surface area contributed by atoms with Crippen molar-refractivity contribution in [3.05, 3.63) is 34.9 Å². The molecule has 1 amide bonds. The summed E-state index contributed by atoms with van der Waals surface area (Å²) in [5, 5.41) is 11.9. The van der Waals surface area contributed by atoms with Gasteiger partial charge in [0.2, 0.25) is 0 Å². The first-order valence-electron chi connectivity index (χ1n) is 7.72. The summed E-state index contributed by atoms with van der Waals surface area (Å²) < 4.78 is 0. The Hall–Kier alpha value is -1.79. The average molecular weight is 285 g/mol. The zero-order valence-electron chi connectivity index (χ0n) is 12.6. The molecule has 0 saturated heterocycles. The van der Waals surface area contributed by atoms with Gasteiger partial charge in [0.05, 0.1) is 12.2 Å². The standard InChI is InChI=1S/C18H23NO2/c1-14-10-11-17(15(13-14)7-5-6-12-20)18(21)19-16-8-3-2-4-9-16/h10-11,13,16,20H,2-4,6,8-9,12H2,1H3,(H,19,21). The number of aryl methyl sites for hydroxylation is 1. The summed E-state index contributed by atoms with van der Waals surface area (Å²) in [6.45, 7) is 2.03. The van der Waals surface area contributed by atoms with E-state index in [1.165, 1.54) is 19.3 Å². The smallest absolute Gasteiger partial charge is 0.252 e. The monoisotopic (exact) mass is 285 g/mol. The number of rotatable bonds is 3. The molecule has 0 aromatic heterocycles. The molecule has 0 aliphatic heterocycles. The zero-order valence-corrected chi connectivity index (χ0v) is 12.6. The van der Waals surface area contributed by atoms with Crippen LogP contribution >= 0.6 is 0 Å². The SMILES string of the molecule is Cc1ccc(C(=O)NC2CCCCC2)c(C#CCCO)c1. The van der Waals surface area contributed by atoms with Gasteiger partial charge in [-0.3, -0.25) is 4.79 Å². The molecule has 1 aromatic carbocycles. The molecule has 1 aliphatic rings. The lowest BCUT2D eigenvalue weighted by Gasteiger charge is -2.23. The normalized spacial score (nSPS) is 15.1. The highest BCUT2D eigenvalue weighted by molar-refractivity contribution is 5.97. The highest BCUT2D eigenvalue weighted by atomic mass is 16.2. The molecule has 1 fully saturated rings. The van der Waals surface area contributed by atoms with E-state index >= 15 is 0 Å². The van der Waals surface area contributed by atoms with Gasteiger partial charge in [0, 0.05) is 18.0 Å². The molecular weight excluding hydrogens is 262 g/mol. The molecule has 3 nitrogen and oxygen atoms in total. The van der Waals surface area contributed by atoms with Crippen LogP contribution in [0.5, 0.6) is 0 Å². The van der Waals surface area contributed by atoms with Crippen LogP contribution in [0, 0.1) is 18.8 Å². The maximum atomic E-state index is 12.4. The van der Waals surface area contributed by atoms with Crippen LogP contribution in [0.25, 0.3) is 0 Å². The number of hydrogen-bond acceptors (Lipinski definition) is 2. The van der Waals surface area contributed by atoms with Crippen LogP contribution in [0.2, 0.25) is 0 Å². The third kappa shape index (κ3) is 4.61.